The fourth-order valence-electron chi connectivity index (χ4n) is 6.75. The number of ketones is 1. The highest BCUT2D eigenvalue weighted by Crippen LogP contribution is 2.64. The number of hydrogen-bond acceptors (Lipinski definition) is 4. The molecule has 1 N–H and O–H groups in total. The van der Waals surface area contributed by atoms with Crippen LogP contribution in [0.5, 0.6) is 0 Å². The van der Waals surface area contributed by atoms with Crippen LogP contribution in [0.25, 0.3) is 0 Å². The zero-order chi connectivity index (χ0) is 18.0. The minimum Gasteiger partial charge on any atom is -0.462 e. The van der Waals surface area contributed by atoms with Crippen LogP contribution in [0.4, 0.5) is 0 Å². The fraction of sp³-hybridized carbons (Fsp3) is 0.810. The van der Waals surface area contributed by atoms with Crippen molar-refractivity contribution in [1.29, 1.82) is 0 Å². The summed E-state index contributed by atoms with van der Waals surface area (Å²) >= 11 is 0. The van der Waals surface area contributed by atoms with E-state index < -0.39 is 6.10 Å². The summed E-state index contributed by atoms with van der Waals surface area (Å²) in [6.45, 7) is 5.96. The second-order valence-corrected chi connectivity index (χ2v) is 9.31. The maximum atomic E-state index is 12.5. The van der Waals surface area contributed by atoms with E-state index in [1.54, 1.807) is 0 Å². The molecule has 0 aromatic carbocycles. The number of carbonyl (C=O) groups excluding carboxylic acids is 2. The molecule has 0 heterocycles. The Bertz CT molecular complexity index is 638. The van der Waals surface area contributed by atoms with Crippen LogP contribution >= 0.6 is 0 Å². The normalized spacial score (nSPS) is 48.9. The zero-order valence-electron chi connectivity index (χ0n) is 15.6. The molecule has 7 atom stereocenters. The quantitative estimate of drug-likeness (QED) is 0.584. The largest absolute Gasteiger partial charge is 0.462 e. The van der Waals surface area contributed by atoms with Gasteiger partial charge in [0.1, 0.15) is 12.2 Å². The number of carbonyl (C=O) groups is 2. The molecule has 3 saturated carbocycles. The van der Waals surface area contributed by atoms with Gasteiger partial charge in [0.05, 0.1) is 0 Å². The molecule has 4 aliphatic carbocycles. The van der Waals surface area contributed by atoms with E-state index in [0.29, 0.717) is 24.2 Å². The Kier molecular flexibility index (Phi) is 3.91. The van der Waals surface area contributed by atoms with Crippen LogP contribution in [0, 0.1) is 28.6 Å². The van der Waals surface area contributed by atoms with Gasteiger partial charge < -0.3 is 9.84 Å². The first-order valence-corrected chi connectivity index (χ1v) is 9.85. The Morgan fingerprint density at radius 1 is 1.20 bits per heavy atom. The fourth-order valence-corrected chi connectivity index (χ4v) is 6.75. The summed E-state index contributed by atoms with van der Waals surface area (Å²) in [6, 6.07) is 0. The number of allylic oxidation sites excluding steroid dienone is 1. The molecule has 0 aliphatic heterocycles. The predicted octanol–water partition coefficient (Wildman–Crippen LogP) is 3.42. The summed E-state index contributed by atoms with van der Waals surface area (Å²) < 4.78 is 5.48. The first-order chi connectivity index (χ1) is 11.8. The van der Waals surface area contributed by atoms with Crippen molar-refractivity contribution in [3.05, 3.63) is 11.6 Å². The van der Waals surface area contributed by atoms with Crippen LogP contribution in [-0.4, -0.2) is 29.1 Å². The molecule has 0 saturated heterocycles. The van der Waals surface area contributed by atoms with E-state index in [2.05, 4.69) is 19.9 Å². The van der Waals surface area contributed by atoms with Crippen molar-refractivity contribution in [3.8, 4) is 0 Å². The minimum atomic E-state index is -0.758. The molecule has 4 aliphatic rings. The Hall–Kier alpha value is -1.16. The van der Waals surface area contributed by atoms with Crippen molar-refractivity contribution >= 4 is 11.8 Å². The van der Waals surface area contributed by atoms with Gasteiger partial charge in [-0.05, 0) is 61.7 Å². The summed E-state index contributed by atoms with van der Waals surface area (Å²) in [4.78, 5) is 23.8. The van der Waals surface area contributed by atoms with Crippen LogP contribution in [-0.2, 0) is 14.3 Å². The topological polar surface area (TPSA) is 63.6 Å². The molecular formula is C21H30O4. The molecule has 25 heavy (non-hydrogen) atoms. The minimum absolute atomic E-state index is 0.0251. The highest BCUT2D eigenvalue weighted by molar-refractivity contribution is 5.91. The van der Waals surface area contributed by atoms with E-state index in [4.69, 9.17) is 4.74 Å². The van der Waals surface area contributed by atoms with Crippen LogP contribution in [0.15, 0.2) is 11.6 Å². The van der Waals surface area contributed by atoms with Gasteiger partial charge in [-0.3, -0.25) is 9.59 Å². The number of aliphatic hydroxyl groups excluding tert-OH is 1. The number of fused-ring (bicyclic) bond motifs is 5. The number of hydrogen-bond donors (Lipinski definition) is 1. The van der Waals surface area contributed by atoms with E-state index in [0.717, 1.165) is 38.5 Å². The van der Waals surface area contributed by atoms with Gasteiger partial charge in [0, 0.05) is 18.8 Å². The van der Waals surface area contributed by atoms with Gasteiger partial charge in [-0.2, -0.15) is 0 Å². The molecule has 3 fully saturated rings. The molecule has 0 spiro atoms. The van der Waals surface area contributed by atoms with E-state index in [1.165, 1.54) is 12.5 Å². The van der Waals surface area contributed by atoms with E-state index >= 15 is 0 Å². The maximum Gasteiger partial charge on any atom is 0.302 e. The summed E-state index contributed by atoms with van der Waals surface area (Å²) in [5.74, 6) is 1.29. The number of ether oxygens (including phenoxy) is 1. The Morgan fingerprint density at radius 2 is 1.92 bits per heavy atom. The molecule has 4 heteroatoms. The monoisotopic (exact) mass is 346 g/mol. The second-order valence-electron chi connectivity index (χ2n) is 9.31. The lowest BCUT2D eigenvalue weighted by Crippen LogP contribution is -2.50. The van der Waals surface area contributed by atoms with Gasteiger partial charge >= 0.3 is 5.97 Å². The first kappa shape index (κ1) is 17.3. The van der Waals surface area contributed by atoms with E-state index in [9.17, 15) is 14.7 Å². The third-order valence-electron chi connectivity index (χ3n) is 8.12. The predicted molar refractivity (Wildman–Crippen MR) is 93.7 cm³/mol. The van der Waals surface area contributed by atoms with Crippen molar-refractivity contribution in [2.45, 2.75) is 77.9 Å². The Morgan fingerprint density at radius 3 is 2.64 bits per heavy atom. The van der Waals surface area contributed by atoms with Gasteiger partial charge in [0.2, 0.25) is 0 Å². The molecule has 4 nitrogen and oxygen atoms in total. The molecule has 4 rings (SSSR count). The third kappa shape index (κ3) is 2.43. The maximum absolute atomic E-state index is 12.5. The summed E-state index contributed by atoms with van der Waals surface area (Å²) in [5.41, 5.74) is 1.30. The van der Waals surface area contributed by atoms with Crippen molar-refractivity contribution in [2.75, 3.05) is 0 Å². The molecule has 0 unspecified atom stereocenters. The lowest BCUT2D eigenvalue weighted by molar-refractivity contribution is -0.148. The smallest absolute Gasteiger partial charge is 0.302 e. The number of rotatable bonds is 1. The standard InChI is InChI=1S/C21H30O4/c1-12(22)25-14-6-8-20(2)13(10-14)4-5-15-16(20)7-9-21(3)17(15)11-18(23)19(21)24/h4,14-18,23H,5-11H2,1-3H3/t14-,15+,16+,17+,18+,20+,21+/m1/s1. The van der Waals surface area contributed by atoms with Crippen LogP contribution < -0.4 is 0 Å². The van der Waals surface area contributed by atoms with Crippen LogP contribution in [0.1, 0.15) is 65.7 Å². The SMILES string of the molecule is CC(=O)O[C@@H]1CC[C@@]2(C)C(=CC[C@H]3[C@@H]2CC[C@]2(C)C(=O)[C@@H](O)C[C@@H]32)C1. The average Bonchev–Trinajstić information content (AvgIpc) is 2.78. The summed E-state index contributed by atoms with van der Waals surface area (Å²) in [5, 5.41) is 10.2. The second kappa shape index (κ2) is 5.67. The van der Waals surface area contributed by atoms with Gasteiger partial charge in [-0.1, -0.05) is 25.5 Å². The van der Waals surface area contributed by atoms with Gasteiger partial charge in [0.15, 0.2) is 5.78 Å². The number of aliphatic hydroxyl groups is 1. The number of Topliss-reactive ketones (excluding diaryl/α,β-unsaturated/α-hetero) is 1. The van der Waals surface area contributed by atoms with Crippen molar-refractivity contribution in [3.63, 3.8) is 0 Å². The van der Waals surface area contributed by atoms with Crippen molar-refractivity contribution in [1.82, 2.24) is 0 Å². The van der Waals surface area contributed by atoms with Gasteiger partial charge in [-0.15, -0.1) is 0 Å². The first-order valence-electron chi connectivity index (χ1n) is 9.85. The molecule has 0 aromatic rings. The number of esters is 1. The highest BCUT2D eigenvalue weighted by Gasteiger charge is 2.61. The average molecular weight is 346 g/mol. The Labute approximate surface area is 150 Å². The van der Waals surface area contributed by atoms with Gasteiger partial charge in [-0.25, -0.2) is 0 Å². The molecule has 0 radical (unpaired) electrons. The van der Waals surface area contributed by atoms with Crippen LogP contribution in [0.3, 0.4) is 0 Å². The lowest BCUT2D eigenvalue weighted by Gasteiger charge is -2.56. The molecule has 0 bridgehead atoms. The van der Waals surface area contributed by atoms with Crippen molar-refractivity contribution < 1.29 is 19.4 Å². The van der Waals surface area contributed by atoms with Crippen LogP contribution in [0.2, 0.25) is 0 Å². The summed E-state index contributed by atoms with van der Waals surface area (Å²) in [6.07, 6.45) is 8.11. The summed E-state index contributed by atoms with van der Waals surface area (Å²) in [7, 11) is 0. The lowest BCUT2D eigenvalue weighted by atomic mass is 9.48. The molecule has 0 amide bonds. The molecular weight excluding hydrogens is 316 g/mol. The zero-order valence-corrected chi connectivity index (χ0v) is 15.6. The molecule has 0 aromatic heterocycles. The highest BCUT2D eigenvalue weighted by atomic mass is 16.5. The Balaban J connectivity index is 1.61. The van der Waals surface area contributed by atoms with Gasteiger partial charge in [0.25, 0.3) is 0 Å². The van der Waals surface area contributed by atoms with E-state index in [-0.39, 0.29) is 28.7 Å². The van der Waals surface area contributed by atoms with Crippen molar-refractivity contribution in [2.24, 2.45) is 28.6 Å². The third-order valence-corrected chi connectivity index (χ3v) is 8.12. The molecule has 138 valence electrons. The van der Waals surface area contributed by atoms with E-state index in [1.807, 2.05) is 0 Å².